The third-order valence-corrected chi connectivity index (χ3v) is 6.55. The minimum absolute atomic E-state index is 0.0170. The zero-order chi connectivity index (χ0) is 22.6. The molecule has 8 heteroatoms. The van der Waals surface area contributed by atoms with Gasteiger partial charge in [-0.15, -0.1) is 0 Å². The molecule has 0 saturated heterocycles. The van der Waals surface area contributed by atoms with Gasteiger partial charge in [0.15, 0.2) is 0 Å². The summed E-state index contributed by atoms with van der Waals surface area (Å²) in [5.41, 5.74) is 1.40. The molecule has 3 aromatic rings. The maximum atomic E-state index is 13.1. The fourth-order valence-electron chi connectivity index (χ4n) is 3.18. The van der Waals surface area contributed by atoms with Crippen LogP contribution in [-0.4, -0.2) is 27.5 Å². The van der Waals surface area contributed by atoms with Crippen LogP contribution in [0.4, 0.5) is 5.69 Å². The van der Waals surface area contributed by atoms with Gasteiger partial charge in [-0.2, -0.15) is 0 Å². The second-order valence-corrected chi connectivity index (χ2v) is 9.18. The number of rotatable bonds is 9. The van der Waals surface area contributed by atoms with E-state index in [0.29, 0.717) is 22.6 Å². The molecule has 1 fully saturated rings. The summed E-state index contributed by atoms with van der Waals surface area (Å²) < 4.78 is 38.9. The van der Waals surface area contributed by atoms with E-state index in [-0.39, 0.29) is 29.1 Å². The van der Waals surface area contributed by atoms with Crippen LogP contribution in [0.15, 0.2) is 77.7 Å². The average molecular weight is 453 g/mol. The van der Waals surface area contributed by atoms with E-state index in [0.717, 1.165) is 12.8 Å². The van der Waals surface area contributed by atoms with Crippen LogP contribution in [0.1, 0.15) is 28.8 Å². The van der Waals surface area contributed by atoms with Crippen molar-refractivity contribution in [2.24, 2.45) is 0 Å². The number of benzene rings is 3. The standard InChI is InChI=1S/C24H24N2O5S/c1-30-23-14-13-20(32(28,29)26-18-11-12-18)15-22(23)25-24(27)21-10-6-5-7-17(21)16-31-19-8-3-2-4-9-19/h2-10,13-15,18,26H,11-12,16H2,1H3,(H,25,27). The first-order valence-corrected chi connectivity index (χ1v) is 11.7. The summed E-state index contributed by atoms with van der Waals surface area (Å²) in [5.74, 6) is 0.674. The highest BCUT2D eigenvalue weighted by atomic mass is 32.2. The molecule has 1 aliphatic rings. The van der Waals surface area contributed by atoms with Crippen LogP contribution in [0.25, 0.3) is 0 Å². The number of para-hydroxylation sites is 1. The Hall–Kier alpha value is -3.36. The molecule has 0 heterocycles. The van der Waals surface area contributed by atoms with Crippen molar-refractivity contribution in [3.8, 4) is 11.5 Å². The lowest BCUT2D eigenvalue weighted by molar-refractivity contribution is 0.102. The van der Waals surface area contributed by atoms with Crippen LogP contribution in [0, 0.1) is 0 Å². The molecule has 2 N–H and O–H groups in total. The number of carbonyl (C=O) groups is 1. The molecule has 7 nitrogen and oxygen atoms in total. The van der Waals surface area contributed by atoms with Crippen molar-refractivity contribution in [3.63, 3.8) is 0 Å². The van der Waals surface area contributed by atoms with Crippen LogP contribution in [-0.2, 0) is 16.6 Å². The topological polar surface area (TPSA) is 93.7 Å². The van der Waals surface area contributed by atoms with Crippen LogP contribution in [0.3, 0.4) is 0 Å². The smallest absolute Gasteiger partial charge is 0.256 e. The van der Waals surface area contributed by atoms with Gasteiger partial charge >= 0.3 is 0 Å². The molecule has 4 rings (SSSR count). The van der Waals surface area contributed by atoms with Gasteiger partial charge in [0, 0.05) is 17.2 Å². The van der Waals surface area contributed by atoms with Crippen molar-refractivity contribution in [2.45, 2.75) is 30.4 Å². The van der Waals surface area contributed by atoms with E-state index < -0.39 is 10.0 Å². The van der Waals surface area contributed by atoms with Gasteiger partial charge < -0.3 is 14.8 Å². The summed E-state index contributed by atoms with van der Waals surface area (Å²) >= 11 is 0. The molecule has 0 aliphatic heterocycles. The average Bonchev–Trinajstić information content (AvgIpc) is 3.62. The highest BCUT2D eigenvalue weighted by Gasteiger charge is 2.28. The fourth-order valence-corrected chi connectivity index (χ4v) is 4.51. The van der Waals surface area contributed by atoms with Crippen LogP contribution >= 0.6 is 0 Å². The SMILES string of the molecule is COc1ccc(S(=O)(=O)NC2CC2)cc1NC(=O)c1ccccc1COc1ccccc1. The lowest BCUT2D eigenvalue weighted by Gasteiger charge is -2.15. The Bertz CT molecular complexity index is 1210. The van der Waals surface area contributed by atoms with Gasteiger partial charge in [-0.1, -0.05) is 36.4 Å². The van der Waals surface area contributed by atoms with Crippen molar-refractivity contribution >= 4 is 21.6 Å². The first kappa shape index (κ1) is 21.9. The first-order valence-electron chi connectivity index (χ1n) is 10.2. The number of ether oxygens (including phenoxy) is 2. The van der Waals surface area contributed by atoms with Gasteiger partial charge in [0.2, 0.25) is 10.0 Å². The summed E-state index contributed by atoms with van der Waals surface area (Å²) in [5, 5.41) is 2.79. The van der Waals surface area contributed by atoms with Crippen molar-refractivity contribution in [1.82, 2.24) is 4.72 Å². The molecule has 0 radical (unpaired) electrons. The van der Waals surface area contributed by atoms with E-state index in [1.807, 2.05) is 42.5 Å². The Morgan fingerprint density at radius 1 is 1.00 bits per heavy atom. The van der Waals surface area contributed by atoms with Gasteiger partial charge in [0.1, 0.15) is 18.1 Å². The number of carbonyl (C=O) groups excluding carboxylic acids is 1. The highest BCUT2D eigenvalue weighted by molar-refractivity contribution is 7.89. The number of amides is 1. The van der Waals surface area contributed by atoms with E-state index in [2.05, 4.69) is 10.0 Å². The number of hydrogen-bond donors (Lipinski definition) is 2. The lowest BCUT2D eigenvalue weighted by Crippen LogP contribution is -2.26. The van der Waals surface area contributed by atoms with Crippen LogP contribution < -0.4 is 19.5 Å². The third-order valence-electron chi connectivity index (χ3n) is 5.03. The number of hydrogen-bond acceptors (Lipinski definition) is 5. The van der Waals surface area contributed by atoms with Gasteiger partial charge in [0.25, 0.3) is 5.91 Å². The molecular formula is C24H24N2O5S. The maximum Gasteiger partial charge on any atom is 0.256 e. The lowest BCUT2D eigenvalue weighted by atomic mass is 10.1. The van der Waals surface area contributed by atoms with E-state index in [9.17, 15) is 13.2 Å². The Morgan fingerprint density at radius 2 is 1.72 bits per heavy atom. The number of anilines is 1. The Labute approximate surface area is 187 Å². The van der Waals surface area contributed by atoms with E-state index in [1.54, 1.807) is 12.1 Å². The van der Waals surface area contributed by atoms with E-state index >= 15 is 0 Å². The van der Waals surface area contributed by atoms with Crippen molar-refractivity contribution in [1.29, 1.82) is 0 Å². The monoisotopic (exact) mass is 452 g/mol. The Kier molecular flexibility index (Phi) is 6.43. The van der Waals surface area contributed by atoms with Crippen LogP contribution in [0.2, 0.25) is 0 Å². The predicted molar refractivity (Wildman–Crippen MR) is 122 cm³/mol. The quantitative estimate of drug-likeness (QED) is 0.512. The van der Waals surface area contributed by atoms with Crippen molar-refractivity contribution in [2.75, 3.05) is 12.4 Å². The second kappa shape index (κ2) is 9.42. The van der Waals surface area contributed by atoms with E-state index in [4.69, 9.17) is 9.47 Å². The summed E-state index contributed by atoms with van der Waals surface area (Å²) in [6.07, 6.45) is 1.67. The minimum Gasteiger partial charge on any atom is -0.495 e. The molecule has 32 heavy (non-hydrogen) atoms. The molecule has 0 aromatic heterocycles. The fraction of sp³-hybridized carbons (Fsp3) is 0.208. The number of nitrogens with one attached hydrogen (secondary N) is 2. The zero-order valence-electron chi connectivity index (χ0n) is 17.6. The first-order chi connectivity index (χ1) is 15.5. The summed E-state index contributed by atoms with van der Waals surface area (Å²) in [6.45, 7) is 0.213. The van der Waals surface area contributed by atoms with Gasteiger partial charge in [-0.25, -0.2) is 13.1 Å². The minimum atomic E-state index is -3.67. The maximum absolute atomic E-state index is 13.1. The molecule has 0 bridgehead atoms. The van der Waals surface area contributed by atoms with Crippen molar-refractivity contribution < 1.29 is 22.7 Å². The predicted octanol–water partition coefficient (Wildman–Crippen LogP) is 3.97. The molecule has 1 amide bonds. The summed E-state index contributed by atoms with van der Waals surface area (Å²) in [7, 11) is -2.21. The normalized spacial score (nSPS) is 13.4. The van der Waals surface area contributed by atoms with E-state index in [1.165, 1.54) is 25.3 Å². The molecule has 166 valence electrons. The molecule has 0 unspecified atom stereocenters. The number of sulfonamides is 1. The van der Waals surface area contributed by atoms with Crippen LogP contribution in [0.5, 0.6) is 11.5 Å². The molecule has 0 atom stereocenters. The number of methoxy groups -OCH3 is 1. The van der Waals surface area contributed by atoms with Crippen molar-refractivity contribution in [3.05, 3.63) is 83.9 Å². The molecule has 1 saturated carbocycles. The van der Waals surface area contributed by atoms with Gasteiger partial charge in [-0.3, -0.25) is 4.79 Å². The molecule has 0 spiro atoms. The molecule has 3 aromatic carbocycles. The largest absolute Gasteiger partial charge is 0.495 e. The van der Waals surface area contributed by atoms with Gasteiger partial charge in [0.05, 0.1) is 17.7 Å². The molecular weight excluding hydrogens is 428 g/mol. The summed E-state index contributed by atoms with van der Waals surface area (Å²) in [4.78, 5) is 13.1. The third kappa shape index (κ3) is 5.27. The Morgan fingerprint density at radius 3 is 2.44 bits per heavy atom. The summed E-state index contributed by atoms with van der Waals surface area (Å²) in [6, 6.07) is 20.8. The highest BCUT2D eigenvalue weighted by Crippen LogP contribution is 2.30. The molecule has 1 aliphatic carbocycles. The second-order valence-electron chi connectivity index (χ2n) is 7.47. The zero-order valence-corrected chi connectivity index (χ0v) is 18.4. The Balaban J connectivity index is 1.55. The van der Waals surface area contributed by atoms with Gasteiger partial charge in [-0.05, 0) is 49.2 Å².